The first-order chi connectivity index (χ1) is 9.22. The lowest BCUT2D eigenvalue weighted by Crippen LogP contribution is -2.24. The molecule has 0 radical (unpaired) electrons. The maximum Gasteiger partial charge on any atom is 0.0762 e. The van der Waals surface area contributed by atoms with E-state index in [1.165, 1.54) is 0 Å². The second kappa shape index (κ2) is 6.85. The molecule has 3 nitrogen and oxygen atoms in total. The van der Waals surface area contributed by atoms with Crippen molar-refractivity contribution in [2.75, 3.05) is 6.54 Å². The van der Waals surface area contributed by atoms with Gasteiger partial charge in [-0.2, -0.15) is 0 Å². The largest absolute Gasteiger partial charge is 0.309 e. The van der Waals surface area contributed by atoms with Crippen molar-refractivity contribution in [1.29, 1.82) is 0 Å². The van der Waals surface area contributed by atoms with Crippen LogP contribution in [0.2, 0.25) is 10.0 Å². The van der Waals surface area contributed by atoms with E-state index in [2.05, 4.69) is 22.2 Å². The van der Waals surface area contributed by atoms with Crippen LogP contribution in [0.5, 0.6) is 0 Å². The highest BCUT2D eigenvalue weighted by Crippen LogP contribution is 2.25. The van der Waals surface area contributed by atoms with Crippen LogP contribution in [0, 0.1) is 0 Å². The van der Waals surface area contributed by atoms with Crippen molar-refractivity contribution < 1.29 is 0 Å². The first kappa shape index (κ1) is 14.3. The number of hydrogen-bond acceptors (Lipinski definition) is 3. The third kappa shape index (κ3) is 3.66. The molecule has 0 spiro atoms. The van der Waals surface area contributed by atoms with Gasteiger partial charge in [0, 0.05) is 18.6 Å². The lowest BCUT2D eigenvalue weighted by Gasteiger charge is -2.19. The average molecular weight is 296 g/mol. The molecule has 0 aliphatic rings. The summed E-state index contributed by atoms with van der Waals surface area (Å²) in [4.78, 5) is 8.36. The molecule has 0 saturated carbocycles. The smallest absolute Gasteiger partial charge is 0.0762 e. The molecule has 0 saturated heterocycles. The van der Waals surface area contributed by atoms with Gasteiger partial charge in [-0.1, -0.05) is 30.1 Å². The second-order valence-electron chi connectivity index (χ2n) is 4.15. The normalized spacial score (nSPS) is 12.4. The molecule has 1 N–H and O–H groups in total. The van der Waals surface area contributed by atoms with E-state index in [0.717, 1.165) is 24.2 Å². The number of hydrogen-bond donors (Lipinski definition) is 1. The molecular formula is C14H15Cl2N3. The first-order valence-corrected chi connectivity index (χ1v) is 6.90. The summed E-state index contributed by atoms with van der Waals surface area (Å²) in [6, 6.07) is 5.64. The Balaban J connectivity index is 2.27. The van der Waals surface area contributed by atoms with Gasteiger partial charge < -0.3 is 5.32 Å². The molecule has 2 aromatic heterocycles. The topological polar surface area (TPSA) is 37.8 Å². The molecule has 0 aromatic carbocycles. The van der Waals surface area contributed by atoms with E-state index in [1.54, 1.807) is 18.6 Å². The lowest BCUT2D eigenvalue weighted by molar-refractivity contribution is 0.537. The highest BCUT2D eigenvalue weighted by Gasteiger charge is 2.16. The van der Waals surface area contributed by atoms with Crippen LogP contribution in [-0.2, 0) is 6.42 Å². The fourth-order valence-corrected chi connectivity index (χ4v) is 2.41. The zero-order valence-electron chi connectivity index (χ0n) is 10.6. The second-order valence-corrected chi connectivity index (χ2v) is 4.97. The van der Waals surface area contributed by atoms with Crippen LogP contribution in [0.3, 0.4) is 0 Å². The Morgan fingerprint density at radius 3 is 2.74 bits per heavy atom. The van der Waals surface area contributed by atoms with Gasteiger partial charge >= 0.3 is 0 Å². The van der Waals surface area contributed by atoms with Crippen LogP contribution >= 0.6 is 23.2 Å². The van der Waals surface area contributed by atoms with Crippen molar-refractivity contribution in [2.45, 2.75) is 19.4 Å². The summed E-state index contributed by atoms with van der Waals surface area (Å²) < 4.78 is 0. The van der Waals surface area contributed by atoms with E-state index >= 15 is 0 Å². The Kier molecular flexibility index (Phi) is 5.14. The quantitative estimate of drug-likeness (QED) is 0.914. The molecule has 2 rings (SSSR count). The predicted molar refractivity (Wildman–Crippen MR) is 78.6 cm³/mol. The van der Waals surface area contributed by atoms with Crippen LogP contribution < -0.4 is 5.32 Å². The fraction of sp³-hybridized carbons (Fsp3) is 0.286. The molecule has 2 aromatic rings. The van der Waals surface area contributed by atoms with Gasteiger partial charge in [0.05, 0.1) is 21.8 Å². The Labute approximate surface area is 123 Å². The van der Waals surface area contributed by atoms with Crippen molar-refractivity contribution in [2.24, 2.45) is 0 Å². The van der Waals surface area contributed by atoms with E-state index < -0.39 is 0 Å². The van der Waals surface area contributed by atoms with E-state index in [1.807, 2.05) is 18.2 Å². The lowest BCUT2D eigenvalue weighted by atomic mass is 10.0. The number of pyridine rings is 2. The highest BCUT2D eigenvalue weighted by molar-refractivity contribution is 6.31. The van der Waals surface area contributed by atoms with Crippen LogP contribution in [-0.4, -0.2) is 16.5 Å². The predicted octanol–water partition coefficient (Wildman–Crippen LogP) is 3.68. The SMILES string of the molecule is CCNC(Cc1ccncc1Cl)c1ncccc1Cl. The van der Waals surface area contributed by atoms with E-state index in [4.69, 9.17) is 23.2 Å². The molecule has 100 valence electrons. The van der Waals surface area contributed by atoms with Gasteiger partial charge in [0.15, 0.2) is 0 Å². The molecule has 2 heterocycles. The van der Waals surface area contributed by atoms with Gasteiger partial charge in [-0.25, -0.2) is 0 Å². The summed E-state index contributed by atoms with van der Waals surface area (Å²) >= 11 is 12.4. The molecule has 0 bridgehead atoms. The van der Waals surface area contributed by atoms with Crippen LogP contribution in [0.25, 0.3) is 0 Å². The summed E-state index contributed by atoms with van der Waals surface area (Å²) in [5, 5.41) is 4.72. The van der Waals surface area contributed by atoms with E-state index in [0.29, 0.717) is 10.0 Å². The van der Waals surface area contributed by atoms with Gasteiger partial charge in [0.1, 0.15) is 0 Å². The summed E-state index contributed by atoms with van der Waals surface area (Å²) in [7, 11) is 0. The number of aromatic nitrogens is 2. The molecule has 1 atom stereocenters. The van der Waals surface area contributed by atoms with Crippen LogP contribution in [0.1, 0.15) is 24.2 Å². The molecule has 1 unspecified atom stereocenters. The zero-order valence-corrected chi connectivity index (χ0v) is 12.1. The van der Waals surface area contributed by atoms with Gasteiger partial charge in [-0.05, 0) is 36.7 Å². The maximum absolute atomic E-state index is 6.21. The van der Waals surface area contributed by atoms with Gasteiger partial charge in [-0.15, -0.1) is 0 Å². The summed E-state index contributed by atoms with van der Waals surface area (Å²) in [5.41, 5.74) is 1.88. The molecule has 0 amide bonds. The zero-order chi connectivity index (χ0) is 13.7. The van der Waals surface area contributed by atoms with Crippen LogP contribution in [0.4, 0.5) is 0 Å². The van der Waals surface area contributed by atoms with Gasteiger partial charge in [-0.3, -0.25) is 9.97 Å². The fourth-order valence-electron chi connectivity index (χ4n) is 1.96. The highest BCUT2D eigenvalue weighted by atomic mass is 35.5. The molecule has 0 aliphatic heterocycles. The van der Waals surface area contributed by atoms with Crippen molar-refractivity contribution in [3.8, 4) is 0 Å². The molecule has 19 heavy (non-hydrogen) atoms. The van der Waals surface area contributed by atoms with E-state index in [-0.39, 0.29) is 6.04 Å². The minimum absolute atomic E-state index is 0.0404. The number of nitrogens with zero attached hydrogens (tertiary/aromatic N) is 2. The standard InChI is InChI=1S/C14H15Cl2N3/c1-2-18-13(14-11(15)4-3-6-19-14)8-10-5-7-17-9-12(10)16/h3-7,9,13,18H,2,8H2,1H3. The third-order valence-corrected chi connectivity index (χ3v) is 3.51. The summed E-state index contributed by atoms with van der Waals surface area (Å²) in [6.07, 6.45) is 5.87. The minimum Gasteiger partial charge on any atom is -0.309 e. The monoisotopic (exact) mass is 295 g/mol. The van der Waals surface area contributed by atoms with Crippen molar-refractivity contribution in [3.05, 3.63) is 58.1 Å². The summed E-state index contributed by atoms with van der Waals surface area (Å²) in [5.74, 6) is 0. The third-order valence-electron chi connectivity index (χ3n) is 2.85. The number of rotatable bonds is 5. The minimum atomic E-state index is 0.0404. The van der Waals surface area contributed by atoms with Crippen molar-refractivity contribution in [1.82, 2.24) is 15.3 Å². The molecule has 0 aliphatic carbocycles. The molecule has 0 fully saturated rings. The molecular weight excluding hydrogens is 281 g/mol. The Bertz CT molecular complexity index is 546. The van der Waals surface area contributed by atoms with Crippen LogP contribution in [0.15, 0.2) is 36.8 Å². The number of likely N-dealkylation sites (N-methyl/N-ethyl adjacent to an activating group) is 1. The van der Waals surface area contributed by atoms with Gasteiger partial charge in [0.2, 0.25) is 0 Å². The van der Waals surface area contributed by atoms with E-state index in [9.17, 15) is 0 Å². The first-order valence-electron chi connectivity index (χ1n) is 6.14. The van der Waals surface area contributed by atoms with Crippen molar-refractivity contribution >= 4 is 23.2 Å². The maximum atomic E-state index is 6.21. The average Bonchev–Trinajstić information content (AvgIpc) is 2.41. The number of halogens is 2. The summed E-state index contributed by atoms with van der Waals surface area (Å²) in [6.45, 7) is 2.89. The number of nitrogens with one attached hydrogen (secondary N) is 1. The Hall–Kier alpha value is -1.16. The van der Waals surface area contributed by atoms with Crippen molar-refractivity contribution in [3.63, 3.8) is 0 Å². The Morgan fingerprint density at radius 2 is 2.05 bits per heavy atom. The van der Waals surface area contributed by atoms with Gasteiger partial charge in [0.25, 0.3) is 0 Å². The Morgan fingerprint density at radius 1 is 1.21 bits per heavy atom. The molecule has 5 heteroatoms.